The van der Waals surface area contributed by atoms with E-state index in [1.54, 1.807) is 0 Å². The van der Waals surface area contributed by atoms with Crippen LogP contribution >= 0.6 is 0 Å². The van der Waals surface area contributed by atoms with E-state index >= 15 is 0 Å². The van der Waals surface area contributed by atoms with E-state index in [0.29, 0.717) is 6.54 Å². The SMILES string of the molecule is O=S(=O)(CCNc1ccccc1)C1CCCCC1. The van der Waals surface area contributed by atoms with Crippen molar-refractivity contribution >= 4 is 15.5 Å². The topological polar surface area (TPSA) is 46.2 Å². The molecule has 2 rings (SSSR count). The molecular formula is C14H21NO2S. The van der Waals surface area contributed by atoms with Crippen molar-refractivity contribution in [2.24, 2.45) is 0 Å². The average Bonchev–Trinajstić information content (AvgIpc) is 2.41. The predicted molar refractivity (Wildman–Crippen MR) is 75.6 cm³/mol. The minimum Gasteiger partial charge on any atom is -0.384 e. The van der Waals surface area contributed by atoms with Gasteiger partial charge in [0.1, 0.15) is 0 Å². The molecule has 1 aliphatic carbocycles. The maximum Gasteiger partial charge on any atom is 0.154 e. The van der Waals surface area contributed by atoms with Crippen molar-refractivity contribution < 1.29 is 8.42 Å². The smallest absolute Gasteiger partial charge is 0.154 e. The lowest BCUT2D eigenvalue weighted by molar-refractivity contribution is 0.484. The Morgan fingerprint density at radius 1 is 1.06 bits per heavy atom. The third-order valence-electron chi connectivity index (χ3n) is 3.55. The van der Waals surface area contributed by atoms with Gasteiger partial charge in [0.25, 0.3) is 0 Å². The molecule has 0 spiro atoms. The summed E-state index contributed by atoms with van der Waals surface area (Å²) < 4.78 is 24.3. The summed E-state index contributed by atoms with van der Waals surface area (Å²) in [6.45, 7) is 0.503. The van der Waals surface area contributed by atoms with Crippen molar-refractivity contribution in [1.82, 2.24) is 0 Å². The van der Waals surface area contributed by atoms with E-state index < -0.39 is 9.84 Å². The molecule has 18 heavy (non-hydrogen) atoms. The molecule has 0 atom stereocenters. The van der Waals surface area contributed by atoms with Crippen LogP contribution in [0.15, 0.2) is 30.3 Å². The van der Waals surface area contributed by atoms with Crippen LogP contribution in [-0.4, -0.2) is 26.0 Å². The van der Waals surface area contributed by atoms with Crippen LogP contribution in [0.5, 0.6) is 0 Å². The highest BCUT2D eigenvalue weighted by molar-refractivity contribution is 7.92. The summed E-state index contributed by atoms with van der Waals surface area (Å²) in [5.41, 5.74) is 0.983. The standard InChI is InChI=1S/C14H21NO2S/c16-18(17,14-9-5-2-6-10-14)12-11-15-13-7-3-1-4-8-13/h1,3-4,7-8,14-15H,2,5-6,9-12H2. The molecule has 0 bridgehead atoms. The first-order valence-corrected chi connectivity index (χ1v) is 8.40. The molecule has 100 valence electrons. The number of nitrogens with one attached hydrogen (secondary N) is 1. The molecule has 1 saturated carbocycles. The van der Waals surface area contributed by atoms with Crippen LogP contribution in [0.4, 0.5) is 5.69 Å². The molecule has 1 aromatic rings. The molecule has 1 aliphatic rings. The molecule has 3 nitrogen and oxygen atoms in total. The lowest BCUT2D eigenvalue weighted by atomic mass is 10.0. The Morgan fingerprint density at radius 2 is 1.72 bits per heavy atom. The Hall–Kier alpha value is -1.03. The summed E-state index contributed by atoms with van der Waals surface area (Å²) in [6.07, 6.45) is 5.03. The van der Waals surface area contributed by atoms with Gasteiger partial charge in [0, 0.05) is 12.2 Å². The number of anilines is 1. The van der Waals surface area contributed by atoms with Crippen molar-refractivity contribution in [2.75, 3.05) is 17.6 Å². The zero-order valence-electron chi connectivity index (χ0n) is 10.6. The van der Waals surface area contributed by atoms with Gasteiger partial charge in [-0.05, 0) is 25.0 Å². The zero-order valence-corrected chi connectivity index (χ0v) is 11.5. The minimum atomic E-state index is -2.92. The van der Waals surface area contributed by atoms with Crippen LogP contribution in [0.25, 0.3) is 0 Å². The Labute approximate surface area is 110 Å². The molecule has 0 heterocycles. The molecule has 0 saturated heterocycles. The second-order valence-electron chi connectivity index (χ2n) is 4.92. The van der Waals surface area contributed by atoms with E-state index in [9.17, 15) is 8.42 Å². The van der Waals surface area contributed by atoms with Gasteiger partial charge in [0.2, 0.25) is 0 Å². The summed E-state index contributed by atoms with van der Waals surface area (Å²) in [6, 6.07) is 9.74. The Morgan fingerprint density at radius 3 is 2.39 bits per heavy atom. The number of para-hydroxylation sites is 1. The van der Waals surface area contributed by atoms with Crippen LogP contribution in [0.3, 0.4) is 0 Å². The van der Waals surface area contributed by atoms with Gasteiger partial charge in [0.15, 0.2) is 9.84 Å². The highest BCUT2D eigenvalue weighted by atomic mass is 32.2. The fourth-order valence-electron chi connectivity index (χ4n) is 2.48. The third kappa shape index (κ3) is 3.73. The first kappa shape index (κ1) is 13.4. The first-order valence-electron chi connectivity index (χ1n) is 6.69. The van der Waals surface area contributed by atoms with Gasteiger partial charge in [-0.2, -0.15) is 0 Å². The predicted octanol–water partition coefficient (Wildman–Crippen LogP) is 2.85. The van der Waals surface area contributed by atoms with E-state index in [4.69, 9.17) is 0 Å². The van der Waals surface area contributed by atoms with E-state index in [1.165, 1.54) is 6.42 Å². The van der Waals surface area contributed by atoms with Crippen molar-refractivity contribution in [3.63, 3.8) is 0 Å². The van der Waals surface area contributed by atoms with Crippen molar-refractivity contribution in [2.45, 2.75) is 37.4 Å². The van der Waals surface area contributed by atoms with Crippen molar-refractivity contribution in [1.29, 1.82) is 0 Å². The van der Waals surface area contributed by atoms with Gasteiger partial charge >= 0.3 is 0 Å². The molecule has 0 unspecified atom stereocenters. The van der Waals surface area contributed by atoms with Crippen LogP contribution in [-0.2, 0) is 9.84 Å². The average molecular weight is 267 g/mol. The highest BCUT2D eigenvalue weighted by Crippen LogP contribution is 2.24. The van der Waals surface area contributed by atoms with Gasteiger partial charge in [-0.1, -0.05) is 37.5 Å². The largest absolute Gasteiger partial charge is 0.384 e. The summed E-state index contributed by atoms with van der Waals surface area (Å²) in [7, 11) is -2.92. The normalized spacial score (nSPS) is 17.6. The number of rotatable bonds is 5. The number of hydrogen-bond donors (Lipinski definition) is 1. The third-order valence-corrected chi connectivity index (χ3v) is 5.81. The maximum absolute atomic E-state index is 12.1. The van der Waals surface area contributed by atoms with Crippen LogP contribution in [0.2, 0.25) is 0 Å². The fraction of sp³-hybridized carbons (Fsp3) is 0.571. The number of hydrogen-bond acceptors (Lipinski definition) is 3. The highest BCUT2D eigenvalue weighted by Gasteiger charge is 2.26. The lowest BCUT2D eigenvalue weighted by Gasteiger charge is -2.21. The summed E-state index contributed by atoms with van der Waals surface area (Å²) in [4.78, 5) is 0. The van der Waals surface area contributed by atoms with Gasteiger partial charge in [0.05, 0.1) is 11.0 Å². The van der Waals surface area contributed by atoms with E-state index in [2.05, 4.69) is 5.32 Å². The zero-order chi connectivity index (χ0) is 12.8. The molecule has 0 aliphatic heterocycles. The molecule has 0 aromatic heterocycles. The molecule has 4 heteroatoms. The Balaban J connectivity index is 1.82. The molecule has 1 aromatic carbocycles. The monoisotopic (exact) mass is 267 g/mol. The maximum atomic E-state index is 12.1. The molecule has 0 radical (unpaired) electrons. The summed E-state index contributed by atoms with van der Waals surface area (Å²) in [5, 5.41) is 3.07. The Bertz CT molecular complexity index is 450. The summed E-state index contributed by atoms with van der Waals surface area (Å²) in [5.74, 6) is 0.243. The first-order chi connectivity index (χ1) is 8.68. The minimum absolute atomic E-state index is 0.0937. The number of benzene rings is 1. The van der Waals surface area contributed by atoms with Gasteiger partial charge in [-0.25, -0.2) is 8.42 Å². The van der Waals surface area contributed by atoms with Crippen LogP contribution < -0.4 is 5.32 Å². The molecule has 1 N–H and O–H groups in total. The van der Waals surface area contributed by atoms with E-state index in [0.717, 1.165) is 31.4 Å². The van der Waals surface area contributed by atoms with Crippen LogP contribution in [0, 0.1) is 0 Å². The molecule has 1 fully saturated rings. The lowest BCUT2D eigenvalue weighted by Crippen LogP contribution is -2.29. The number of sulfone groups is 1. The summed E-state index contributed by atoms with van der Waals surface area (Å²) >= 11 is 0. The van der Waals surface area contributed by atoms with Gasteiger partial charge < -0.3 is 5.32 Å². The Kier molecular flexibility index (Phi) is 4.64. The van der Waals surface area contributed by atoms with E-state index in [-0.39, 0.29) is 11.0 Å². The second-order valence-corrected chi connectivity index (χ2v) is 7.32. The van der Waals surface area contributed by atoms with Crippen molar-refractivity contribution in [3.8, 4) is 0 Å². The molecular weight excluding hydrogens is 246 g/mol. The second kappa shape index (κ2) is 6.23. The van der Waals surface area contributed by atoms with E-state index in [1.807, 2.05) is 30.3 Å². The van der Waals surface area contributed by atoms with Crippen LogP contribution in [0.1, 0.15) is 32.1 Å². The fourth-order valence-corrected chi connectivity index (χ4v) is 4.26. The van der Waals surface area contributed by atoms with Gasteiger partial charge in [-0.3, -0.25) is 0 Å². The van der Waals surface area contributed by atoms with Gasteiger partial charge in [-0.15, -0.1) is 0 Å². The quantitative estimate of drug-likeness (QED) is 0.892. The van der Waals surface area contributed by atoms with Crippen molar-refractivity contribution in [3.05, 3.63) is 30.3 Å². The molecule has 0 amide bonds.